The Labute approximate surface area is 310 Å². The van der Waals surface area contributed by atoms with Gasteiger partial charge in [0.2, 0.25) is 11.8 Å². The quantitative estimate of drug-likeness (QED) is 0.138. The van der Waals surface area contributed by atoms with Crippen LogP contribution in [0.3, 0.4) is 0 Å². The third-order valence-electron chi connectivity index (χ3n) is 9.06. The molecule has 1 heterocycles. The van der Waals surface area contributed by atoms with Crippen molar-refractivity contribution in [1.29, 1.82) is 0 Å². The number of aliphatic carboxylic acids is 1. The first-order valence-corrected chi connectivity index (χ1v) is 18.5. The van der Waals surface area contributed by atoms with Crippen LogP contribution >= 0.6 is 11.8 Å². The standard InChI is InChI=1S/C42H47N3O6S/c1-28(2)36(38(47)45-26-30-18-16-15-17-29(30)25-35(45)39(48)49)44-37(46)34(43-40(50)51-41(3,4)5)27-52-42(31-19-9-6-10-20-31,32-21-11-7-12-22-32)33-23-13-8-14-24-33/h6-24,28,34-36H,25-27H2,1-5H3,(H,43,50)(H,44,46)(H,48,49)/t34-,35+,36-/m0/s1. The van der Waals surface area contributed by atoms with Crippen molar-refractivity contribution in [2.75, 3.05) is 5.75 Å². The zero-order chi connectivity index (χ0) is 37.5. The maximum atomic E-state index is 14.4. The van der Waals surface area contributed by atoms with Crippen molar-refractivity contribution < 1.29 is 29.0 Å². The molecular weight excluding hydrogens is 675 g/mol. The Hall–Kier alpha value is -5.09. The van der Waals surface area contributed by atoms with Gasteiger partial charge in [0, 0.05) is 18.7 Å². The highest BCUT2D eigenvalue weighted by molar-refractivity contribution is 8.00. The van der Waals surface area contributed by atoms with Gasteiger partial charge < -0.3 is 25.4 Å². The molecule has 0 radical (unpaired) electrons. The van der Waals surface area contributed by atoms with E-state index in [9.17, 15) is 24.3 Å². The second kappa shape index (κ2) is 16.5. The Kier molecular flexibility index (Phi) is 12.1. The van der Waals surface area contributed by atoms with Gasteiger partial charge in [-0.25, -0.2) is 9.59 Å². The molecule has 4 aromatic carbocycles. The minimum atomic E-state index is -1.14. The van der Waals surface area contributed by atoms with Crippen LogP contribution in [0.5, 0.6) is 0 Å². The van der Waals surface area contributed by atoms with Gasteiger partial charge in [0.05, 0.1) is 4.75 Å². The van der Waals surface area contributed by atoms with Crippen molar-refractivity contribution in [1.82, 2.24) is 15.5 Å². The number of thioether (sulfide) groups is 1. The lowest BCUT2D eigenvalue weighted by molar-refractivity contribution is -0.153. The molecule has 0 saturated heterocycles. The molecule has 52 heavy (non-hydrogen) atoms. The minimum Gasteiger partial charge on any atom is -0.480 e. The van der Waals surface area contributed by atoms with Crippen LogP contribution in [0.2, 0.25) is 0 Å². The van der Waals surface area contributed by atoms with Gasteiger partial charge in [0.1, 0.15) is 23.7 Å². The lowest BCUT2D eigenvalue weighted by atomic mass is 9.84. The van der Waals surface area contributed by atoms with E-state index in [1.807, 2.05) is 115 Å². The van der Waals surface area contributed by atoms with Gasteiger partial charge >= 0.3 is 12.1 Å². The first kappa shape index (κ1) is 38.1. The summed E-state index contributed by atoms with van der Waals surface area (Å²) in [4.78, 5) is 55.7. The summed E-state index contributed by atoms with van der Waals surface area (Å²) in [6, 6.07) is 34.2. The number of carboxylic acids is 1. The van der Waals surface area contributed by atoms with Gasteiger partial charge in [-0.05, 0) is 54.5 Å². The number of fused-ring (bicyclic) bond motifs is 1. The molecule has 0 saturated carbocycles. The van der Waals surface area contributed by atoms with E-state index in [-0.39, 0.29) is 18.7 Å². The number of nitrogens with one attached hydrogen (secondary N) is 2. The maximum Gasteiger partial charge on any atom is 0.408 e. The summed E-state index contributed by atoms with van der Waals surface area (Å²) in [7, 11) is 0. The van der Waals surface area contributed by atoms with E-state index in [0.29, 0.717) is 0 Å². The van der Waals surface area contributed by atoms with Crippen LogP contribution in [0, 0.1) is 5.92 Å². The van der Waals surface area contributed by atoms with Gasteiger partial charge in [-0.2, -0.15) is 0 Å². The summed E-state index contributed by atoms with van der Waals surface area (Å²) in [5.74, 6) is -2.50. The summed E-state index contributed by atoms with van der Waals surface area (Å²) in [5, 5.41) is 15.9. The first-order chi connectivity index (χ1) is 24.8. The van der Waals surface area contributed by atoms with Crippen LogP contribution < -0.4 is 10.6 Å². The Morgan fingerprint density at radius 1 is 0.769 bits per heavy atom. The number of carbonyl (C=O) groups is 4. The number of alkyl carbamates (subject to hydrolysis) is 1. The molecule has 0 unspecified atom stereocenters. The molecule has 0 aromatic heterocycles. The van der Waals surface area contributed by atoms with E-state index in [0.717, 1.165) is 27.8 Å². The molecule has 3 atom stereocenters. The Bertz CT molecular complexity index is 1750. The highest BCUT2D eigenvalue weighted by Crippen LogP contribution is 2.48. The number of ether oxygens (including phenoxy) is 1. The van der Waals surface area contributed by atoms with E-state index in [1.54, 1.807) is 34.6 Å². The third kappa shape index (κ3) is 8.85. The summed E-state index contributed by atoms with van der Waals surface area (Å²) >= 11 is 1.49. The van der Waals surface area contributed by atoms with Gasteiger partial charge in [-0.3, -0.25) is 9.59 Å². The number of benzene rings is 4. The smallest absolute Gasteiger partial charge is 0.408 e. The van der Waals surface area contributed by atoms with Crippen LogP contribution in [-0.2, 0) is 36.8 Å². The summed E-state index contributed by atoms with van der Waals surface area (Å²) in [5.41, 5.74) is 3.86. The van der Waals surface area contributed by atoms with E-state index in [4.69, 9.17) is 4.74 Å². The fraction of sp³-hybridized carbons (Fsp3) is 0.333. The molecule has 272 valence electrons. The SMILES string of the molecule is CC(C)[C@H](NC(=O)[C@H](CSC(c1ccccc1)(c1ccccc1)c1ccccc1)NC(=O)OC(C)(C)C)C(=O)N1Cc2ccccc2C[C@@H]1C(=O)O. The predicted molar refractivity (Wildman–Crippen MR) is 204 cm³/mol. The van der Waals surface area contributed by atoms with Crippen molar-refractivity contribution in [2.45, 2.75) is 76.1 Å². The average Bonchev–Trinajstić information content (AvgIpc) is 3.13. The topological polar surface area (TPSA) is 125 Å². The molecule has 1 aliphatic rings. The maximum absolute atomic E-state index is 14.4. The zero-order valence-electron chi connectivity index (χ0n) is 30.2. The molecule has 0 spiro atoms. The second-order valence-electron chi connectivity index (χ2n) is 14.3. The second-order valence-corrected chi connectivity index (χ2v) is 15.5. The number of rotatable bonds is 12. The van der Waals surface area contributed by atoms with Crippen LogP contribution in [0.25, 0.3) is 0 Å². The van der Waals surface area contributed by atoms with E-state index >= 15 is 0 Å². The van der Waals surface area contributed by atoms with Gasteiger partial charge in [-0.15, -0.1) is 11.8 Å². The van der Waals surface area contributed by atoms with Crippen molar-refractivity contribution in [2.24, 2.45) is 5.92 Å². The van der Waals surface area contributed by atoms with Crippen LogP contribution in [0.4, 0.5) is 4.79 Å². The largest absolute Gasteiger partial charge is 0.480 e. The molecule has 0 bridgehead atoms. The Morgan fingerprint density at radius 2 is 1.25 bits per heavy atom. The number of hydrogen-bond donors (Lipinski definition) is 3. The monoisotopic (exact) mass is 721 g/mol. The third-order valence-corrected chi connectivity index (χ3v) is 10.7. The number of amides is 3. The predicted octanol–water partition coefficient (Wildman–Crippen LogP) is 6.78. The number of nitrogens with zero attached hydrogens (tertiary/aromatic N) is 1. The molecule has 3 N–H and O–H groups in total. The average molecular weight is 722 g/mol. The molecule has 3 amide bonds. The lowest BCUT2D eigenvalue weighted by Gasteiger charge is -2.38. The first-order valence-electron chi connectivity index (χ1n) is 17.5. The van der Waals surface area contributed by atoms with Gasteiger partial charge in [0.25, 0.3) is 0 Å². The van der Waals surface area contributed by atoms with Crippen LogP contribution in [0.15, 0.2) is 115 Å². The minimum absolute atomic E-state index is 0.0948. The molecule has 9 nitrogen and oxygen atoms in total. The Morgan fingerprint density at radius 3 is 1.71 bits per heavy atom. The number of hydrogen-bond acceptors (Lipinski definition) is 6. The summed E-state index contributed by atoms with van der Waals surface area (Å²) in [6.45, 7) is 8.92. The molecular formula is C42H47N3O6S. The Balaban J connectivity index is 1.50. The molecule has 4 aromatic rings. The molecule has 5 rings (SSSR count). The van der Waals surface area contributed by atoms with Crippen LogP contribution in [0.1, 0.15) is 62.4 Å². The number of carbonyl (C=O) groups excluding carboxylic acids is 3. The van der Waals surface area contributed by atoms with E-state index in [1.165, 1.54) is 16.7 Å². The molecule has 0 fully saturated rings. The highest BCUT2D eigenvalue weighted by Gasteiger charge is 2.42. The van der Waals surface area contributed by atoms with Gasteiger partial charge in [0.15, 0.2) is 0 Å². The van der Waals surface area contributed by atoms with E-state index < -0.39 is 58.3 Å². The number of carboxylic acid groups (broad SMARTS) is 1. The van der Waals surface area contributed by atoms with Crippen molar-refractivity contribution in [3.63, 3.8) is 0 Å². The van der Waals surface area contributed by atoms with Crippen molar-refractivity contribution >= 4 is 35.6 Å². The van der Waals surface area contributed by atoms with Crippen LogP contribution in [-0.4, -0.2) is 63.4 Å². The fourth-order valence-corrected chi connectivity index (χ4v) is 8.09. The summed E-state index contributed by atoms with van der Waals surface area (Å²) in [6.07, 6.45) is -0.611. The zero-order valence-corrected chi connectivity index (χ0v) is 31.1. The van der Waals surface area contributed by atoms with Crippen molar-refractivity contribution in [3.05, 3.63) is 143 Å². The lowest BCUT2D eigenvalue weighted by Crippen LogP contribution is -2.60. The normalized spacial score (nSPS) is 15.6. The van der Waals surface area contributed by atoms with E-state index in [2.05, 4.69) is 10.6 Å². The molecule has 1 aliphatic heterocycles. The molecule has 0 aliphatic carbocycles. The highest BCUT2D eigenvalue weighted by atomic mass is 32.2. The molecule has 10 heteroatoms. The van der Waals surface area contributed by atoms with Crippen molar-refractivity contribution in [3.8, 4) is 0 Å². The fourth-order valence-electron chi connectivity index (χ4n) is 6.53. The summed E-state index contributed by atoms with van der Waals surface area (Å²) < 4.78 is 4.80. The van der Waals surface area contributed by atoms with Gasteiger partial charge in [-0.1, -0.05) is 129 Å².